The number of carbonyl (C=O) groups excluding carboxylic acids is 1. The van der Waals surface area contributed by atoms with Gasteiger partial charge in [-0.05, 0) is 27.8 Å². The Morgan fingerprint density at radius 1 is 0.579 bits per heavy atom. The highest BCUT2D eigenvalue weighted by Crippen LogP contribution is 2.42. The molecule has 10 nitrogen and oxygen atoms in total. The minimum absolute atomic E-state index is 0.0325. The third kappa shape index (κ3) is 10.9. The van der Waals surface area contributed by atoms with Crippen molar-refractivity contribution >= 4 is 6.09 Å². The van der Waals surface area contributed by atoms with Gasteiger partial charge < -0.3 is 43.5 Å². The van der Waals surface area contributed by atoms with Crippen LogP contribution >= 0.6 is 0 Å². The van der Waals surface area contributed by atoms with E-state index in [0.29, 0.717) is 6.61 Å². The summed E-state index contributed by atoms with van der Waals surface area (Å²) in [6, 6.07) is 48.7. The van der Waals surface area contributed by atoms with Crippen molar-refractivity contribution in [1.82, 2.24) is 4.90 Å². The second-order valence-corrected chi connectivity index (χ2v) is 14.7. The molecule has 1 spiro atoms. The molecule has 5 aromatic carbocycles. The second kappa shape index (κ2) is 20.0. The zero-order chi connectivity index (χ0) is 39.3. The molecule has 5 aromatic rings. The predicted octanol–water partition coefficient (Wildman–Crippen LogP) is 6.86. The molecule has 0 aromatic heterocycles. The number of aliphatic hydroxyl groups is 2. The van der Waals surface area contributed by atoms with Gasteiger partial charge in [-0.25, -0.2) is 4.79 Å². The minimum atomic E-state index is -1.41. The number of β-amino-alcohol motifs (C(OH)–C–C–N with tert-alkyl or cyclic N) is 1. The number of benzene rings is 5. The normalized spacial score (nSPS) is 24.8. The molecular weight excluding hydrogens is 723 g/mol. The average molecular weight is 774 g/mol. The predicted molar refractivity (Wildman–Crippen MR) is 214 cm³/mol. The van der Waals surface area contributed by atoms with E-state index in [1.807, 2.05) is 152 Å². The number of likely N-dealkylation sites (tertiary alicyclic amines) is 1. The summed E-state index contributed by atoms with van der Waals surface area (Å²) in [5.41, 5.74) is 3.22. The summed E-state index contributed by atoms with van der Waals surface area (Å²) in [6.45, 7) is 0.871. The molecule has 2 saturated heterocycles. The molecule has 0 aliphatic carbocycles. The lowest BCUT2D eigenvalue weighted by molar-refractivity contribution is -0.313. The number of carbonyl (C=O) groups is 1. The minimum Gasteiger partial charge on any atom is -0.445 e. The molecule has 0 unspecified atom stereocenters. The van der Waals surface area contributed by atoms with E-state index < -0.39 is 48.3 Å². The van der Waals surface area contributed by atoms with E-state index in [2.05, 4.69) is 0 Å². The Hall–Kier alpha value is -4.91. The largest absolute Gasteiger partial charge is 0.445 e. The number of rotatable bonds is 15. The highest BCUT2D eigenvalue weighted by molar-refractivity contribution is 5.68. The molecule has 2 aliphatic rings. The first kappa shape index (κ1) is 40.3. The lowest BCUT2D eigenvalue weighted by atomic mass is 9.80. The topological polar surface area (TPSA) is 116 Å². The first-order valence-corrected chi connectivity index (χ1v) is 19.5. The van der Waals surface area contributed by atoms with Crippen molar-refractivity contribution < 1.29 is 43.4 Å². The molecule has 2 fully saturated rings. The fourth-order valence-corrected chi connectivity index (χ4v) is 7.57. The van der Waals surface area contributed by atoms with E-state index in [1.165, 1.54) is 4.90 Å². The number of amides is 1. The van der Waals surface area contributed by atoms with Gasteiger partial charge in [-0.1, -0.05) is 152 Å². The van der Waals surface area contributed by atoms with Gasteiger partial charge in [-0.2, -0.15) is 0 Å². The molecule has 2 aliphatic heterocycles. The van der Waals surface area contributed by atoms with Crippen LogP contribution in [-0.4, -0.2) is 83.1 Å². The Balaban J connectivity index is 1.27. The Morgan fingerprint density at radius 3 is 1.53 bits per heavy atom. The van der Waals surface area contributed by atoms with Gasteiger partial charge >= 0.3 is 6.09 Å². The van der Waals surface area contributed by atoms with Gasteiger partial charge in [0, 0.05) is 6.42 Å². The Labute approximate surface area is 334 Å². The Morgan fingerprint density at radius 2 is 1.02 bits per heavy atom. The number of aliphatic hydroxyl groups excluding tert-OH is 2. The van der Waals surface area contributed by atoms with Crippen LogP contribution < -0.4 is 0 Å². The maximum Gasteiger partial charge on any atom is 0.410 e. The van der Waals surface area contributed by atoms with E-state index in [-0.39, 0.29) is 52.5 Å². The average Bonchev–Trinajstić information content (AvgIpc) is 3.38. The summed E-state index contributed by atoms with van der Waals surface area (Å²) in [5, 5.41) is 22.9. The first-order valence-electron chi connectivity index (χ1n) is 19.5. The van der Waals surface area contributed by atoms with Crippen molar-refractivity contribution in [3.63, 3.8) is 0 Å². The fourth-order valence-electron chi connectivity index (χ4n) is 7.57. The van der Waals surface area contributed by atoms with Crippen molar-refractivity contribution in [2.75, 3.05) is 19.7 Å². The molecular formula is C47H51NO9. The molecule has 0 saturated carbocycles. The van der Waals surface area contributed by atoms with Crippen LogP contribution in [0.15, 0.2) is 152 Å². The van der Waals surface area contributed by atoms with Gasteiger partial charge in [0.15, 0.2) is 0 Å². The van der Waals surface area contributed by atoms with E-state index in [1.54, 1.807) is 0 Å². The van der Waals surface area contributed by atoms with Gasteiger partial charge in [-0.3, -0.25) is 0 Å². The first-order chi connectivity index (χ1) is 28.0. The molecule has 0 radical (unpaired) electrons. The van der Waals surface area contributed by atoms with Crippen molar-refractivity contribution in [3.05, 3.63) is 179 Å². The molecule has 2 heterocycles. The van der Waals surface area contributed by atoms with Gasteiger partial charge in [0.25, 0.3) is 0 Å². The van der Waals surface area contributed by atoms with Crippen molar-refractivity contribution in [1.29, 1.82) is 0 Å². The van der Waals surface area contributed by atoms with Crippen LogP contribution in [0.1, 0.15) is 34.2 Å². The van der Waals surface area contributed by atoms with Crippen LogP contribution in [0.3, 0.4) is 0 Å². The van der Waals surface area contributed by atoms with Crippen molar-refractivity contribution in [2.45, 2.75) is 81.7 Å². The Bertz CT molecular complexity index is 1920. The molecule has 7 atom stereocenters. The zero-order valence-electron chi connectivity index (χ0n) is 32.0. The second-order valence-electron chi connectivity index (χ2n) is 14.7. The SMILES string of the molecule is O=C(OCc1ccccc1)N1C[C@@H](O)[C@@H](O)C[C@]2(C1)O[C@H](COCc1ccccc1)[C@@H](OCc1ccccc1)[C@H](OCc1ccccc1)[C@H]2OCc1ccccc1. The summed E-state index contributed by atoms with van der Waals surface area (Å²) in [5.74, 6) is 0. The van der Waals surface area contributed by atoms with Crippen LogP contribution in [0, 0.1) is 0 Å². The number of hydrogen-bond acceptors (Lipinski definition) is 9. The fraction of sp³-hybridized carbons (Fsp3) is 0.340. The van der Waals surface area contributed by atoms with Crippen LogP contribution in [-0.2, 0) is 61.5 Å². The molecule has 2 N–H and O–H groups in total. The molecule has 1 amide bonds. The summed E-state index contributed by atoms with van der Waals surface area (Å²) >= 11 is 0. The van der Waals surface area contributed by atoms with E-state index in [9.17, 15) is 15.0 Å². The number of ether oxygens (including phenoxy) is 6. The molecule has 0 bridgehead atoms. The quantitative estimate of drug-likeness (QED) is 0.118. The van der Waals surface area contributed by atoms with Gasteiger partial charge in [0.1, 0.15) is 36.6 Å². The van der Waals surface area contributed by atoms with E-state index >= 15 is 0 Å². The molecule has 7 rings (SSSR count). The summed E-state index contributed by atoms with van der Waals surface area (Å²) in [7, 11) is 0. The third-order valence-corrected chi connectivity index (χ3v) is 10.5. The molecule has 10 heteroatoms. The maximum atomic E-state index is 13.9. The lowest BCUT2D eigenvalue weighted by Crippen LogP contribution is -2.70. The maximum absolute atomic E-state index is 13.9. The third-order valence-electron chi connectivity index (χ3n) is 10.5. The van der Waals surface area contributed by atoms with E-state index in [4.69, 9.17) is 28.4 Å². The van der Waals surface area contributed by atoms with Crippen molar-refractivity contribution in [2.24, 2.45) is 0 Å². The van der Waals surface area contributed by atoms with Crippen LogP contribution in [0.2, 0.25) is 0 Å². The van der Waals surface area contributed by atoms with Gasteiger partial charge in [0.05, 0.1) is 58.3 Å². The smallest absolute Gasteiger partial charge is 0.410 e. The molecule has 298 valence electrons. The zero-order valence-corrected chi connectivity index (χ0v) is 32.0. The summed E-state index contributed by atoms with van der Waals surface area (Å²) in [6.07, 6.45) is -6.45. The van der Waals surface area contributed by atoms with Gasteiger partial charge in [0.2, 0.25) is 0 Å². The highest BCUT2D eigenvalue weighted by atomic mass is 16.6. The van der Waals surface area contributed by atoms with Crippen LogP contribution in [0.25, 0.3) is 0 Å². The van der Waals surface area contributed by atoms with Crippen molar-refractivity contribution in [3.8, 4) is 0 Å². The summed E-state index contributed by atoms with van der Waals surface area (Å²) in [4.78, 5) is 15.4. The molecule has 57 heavy (non-hydrogen) atoms. The van der Waals surface area contributed by atoms with Gasteiger partial charge in [-0.15, -0.1) is 0 Å². The number of hydrogen-bond donors (Lipinski definition) is 2. The lowest BCUT2D eigenvalue weighted by Gasteiger charge is -2.53. The summed E-state index contributed by atoms with van der Waals surface area (Å²) < 4.78 is 40.1. The van der Waals surface area contributed by atoms with E-state index in [0.717, 1.165) is 27.8 Å². The standard InChI is InChI=1S/C47H51NO9/c49-40-26-47(34-48(27-41(40)50)46(51)56-32-39-24-14-5-15-25-39)45(55-31-38-22-12-4-13-23-38)44(54-30-37-20-10-3-11-21-37)43(53-29-36-18-8-2-9-19-36)42(57-47)33-52-28-35-16-6-1-7-17-35/h1-25,40-45,49-50H,26-34H2/t40-,41+,42+,43+,44-,45+,47+/m0/s1. The number of nitrogens with zero attached hydrogens (tertiary/aromatic N) is 1. The highest BCUT2D eigenvalue weighted by Gasteiger charge is 2.59. The Kier molecular flexibility index (Phi) is 14.1. The monoisotopic (exact) mass is 773 g/mol. The van der Waals surface area contributed by atoms with Crippen LogP contribution in [0.5, 0.6) is 0 Å². The van der Waals surface area contributed by atoms with Crippen LogP contribution in [0.4, 0.5) is 4.79 Å².